The van der Waals surface area contributed by atoms with Crippen LogP contribution < -0.4 is 22.5 Å². The summed E-state index contributed by atoms with van der Waals surface area (Å²) in [5, 5.41) is 2.83. The molecule has 0 atom stereocenters. The minimum atomic E-state index is -0.256. The van der Waals surface area contributed by atoms with Gasteiger partial charge in [0.1, 0.15) is 0 Å². The molecule has 1 aromatic rings. The van der Waals surface area contributed by atoms with Gasteiger partial charge in [0, 0.05) is 11.8 Å². The quantitative estimate of drug-likeness (QED) is 0.439. The molecule has 0 spiro atoms. The van der Waals surface area contributed by atoms with Crippen LogP contribution in [0.5, 0.6) is 0 Å². The Morgan fingerprint density at radius 3 is 2.65 bits per heavy atom. The average molecular weight is 274 g/mol. The van der Waals surface area contributed by atoms with Crippen molar-refractivity contribution < 1.29 is 4.79 Å². The summed E-state index contributed by atoms with van der Waals surface area (Å²) < 4.78 is 0. The summed E-state index contributed by atoms with van der Waals surface area (Å²) in [6.45, 7) is 4.02. The summed E-state index contributed by atoms with van der Waals surface area (Å²) >= 11 is 0. The average Bonchev–Trinajstić information content (AvgIpc) is 2.27. The summed E-state index contributed by atoms with van der Waals surface area (Å²) in [4.78, 5) is 19.6. The second-order valence-corrected chi connectivity index (χ2v) is 5.32. The number of fused-ring (bicyclic) bond motifs is 1. The van der Waals surface area contributed by atoms with Crippen LogP contribution in [-0.2, 0) is 10.2 Å². The summed E-state index contributed by atoms with van der Waals surface area (Å²) in [5.41, 5.74) is 18.1. The fourth-order valence-corrected chi connectivity index (χ4v) is 2.29. The molecule has 1 aromatic carbocycles. The Bertz CT molecular complexity index is 613. The Hall–Kier alpha value is -2.57. The van der Waals surface area contributed by atoms with Crippen molar-refractivity contribution >= 4 is 29.2 Å². The highest BCUT2D eigenvalue weighted by atomic mass is 16.1. The topological polar surface area (TPSA) is 132 Å². The van der Waals surface area contributed by atoms with Gasteiger partial charge in [0.25, 0.3) is 0 Å². The zero-order valence-electron chi connectivity index (χ0n) is 11.5. The van der Waals surface area contributed by atoms with E-state index in [2.05, 4.69) is 15.3 Å². The number of nitrogens with one attached hydrogen (secondary N) is 1. The Balaban J connectivity index is 2.53. The first-order valence-corrected chi connectivity index (χ1v) is 6.17. The van der Waals surface area contributed by atoms with Gasteiger partial charge < -0.3 is 22.5 Å². The third kappa shape index (κ3) is 2.71. The van der Waals surface area contributed by atoms with Gasteiger partial charge in [0.05, 0.1) is 11.4 Å². The smallest absolute Gasteiger partial charge is 0.225 e. The second-order valence-electron chi connectivity index (χ2n) is 5.32. The van der Waals surface area contributed by atoms with Crippen LogP contribution in [0.25, 0.3) is 0 Å². The Morgan fingerprint density at radius 2 is 2.00 bits per heavy atom. The third-order valence-corrected chi connectivity index (χ3v) is 3.12. The predicted octanol–water partition coefficient (Wildman–Crippen LogP) is 0.526. The van der Waals surface area contributed by atoms with Gasteiger partial charge in [-0.3, -0.25) is 4.79 Å². The van der Waals surface area contributed by atoms with Crippen LogP contribution in [0.1, 0.15) is 25.8 Å². The maximum Gasteiger partial charge on any atom is 0.225 e. The summed E-state index contributed by atoms with van der Waals surface area (Å²) in [6, 6.07) is 5.57. The van der Waals surface area contributed by atoms with E-state index in [0.29, 0.717) is 17.8 Å². The van der Waals surface area contributed by atoms with Crippen molar-refractivity contribution in [1.82, 2.24) is 0 Å². The zero-order chi connectivity index (χ0) is 14.9. The molecule has 0 aromatic heterocycles. The number of rotatable bonds is 1. The number of amides is 1. The number of para-hydroxylation sites is 1. The molecular formula is C13H18N6O. The van der Waals surface area contributed by atoms with Gasteiger partial charge in [-0.2, -0.15) is 4.99 Å². The van der Waals surface area contributed by atoms with Gasteiger partial charge in [-0.05, 0) is 11.6 Å². The van der Waals surface area contributed by atoms with Crippen molar-refractivity contribution in [2.75, 3.05) is 5.32 Å². The lowest BCUT2D eigenvalue weighted by Crippen LogP contribution is -2.32. The molecule has 7 nitrogen and oxygen atoms in total. The third-order valence-electron chi connectivity index (χ3n) is 3.12. The summed E-state index contributed by atoms with van der Waals surface area (Å²) in [5.74, 6) is -0.276. The molecule has 0 aliphatic carbocycles. The van der Waals surface area contributed by atoms with Gasteiger partial charge in [0.2, 0.25) is 11.9 Å². The van der Waals surface area contributed by atoms with Crippen molar-refractivity contribution in [2.24, 2.45) is 27.2 Å². The number of carbonyl (C=O) groups excluding carboxylic acids is 1. The van der Waals surface area contributed by atoms with Crippen molar-refractivity contribution in [3.63, 3.8) is 0 Å². The number of carbonyl (C=O) groups is 1. The fourth-order valence-electron chi connectivity index (χ4n) is 2.29. The normalized spacial score (nSPS) is 17.1. The molecule has 1 aliphatic heterocycles. The second kappa shape index (κ2) is 4.84. The predicted molar refractivity (Wildman–Crippen MR) is 79.8 cm³/mol. The van der Waals surface area contributed by atoms with E-state index >= 15 is 0 Å². The first kappa shape index (κ1) is 13.9. The highest BCUT2D eigenvalue weighted by Crippen LogP contribution is 2.41. The van der Waals surface area contributed by atoms with E-state index in [1.807, 2.05) is 26.0 Å². The molecule has 7 heteroatoms. The number of nitrogens with zero attached hydrogens (tertiary/aromatic N) is 2. The molecule has 106 valence electrons. The molecule has 7 N–H and O–H groups in total. The van der Waals surface area contributed by atoms with Crippen LogP contribution in [0.15, 0.2) is 28.2 Å². The van der Waals surface area contributed by atoms with E-state index in [1.165, 1.54) is 0 Å². The number of guanidine groups is 2. The van der Waals surface area contributed by atoms with Gasteiger partial charge in [-0.25, -0.2) is 4.99 Å². The van der Waals surface area contributed by atoms with Crippen molar-refractivity contribution in [3.05, 3.63) is 23.8 Å². The fraction of sp³-hybridized carbons (Fsp3) is 0.308. The van der Waals surface area contributed by atoms with Gasteiger partial charge in [0.15, 0.2) is 5.96 Å². The maximum atomic E-state index is 11.8. The van der Waals surface area contributed by atoms with Gasteiger partial charge in [-0.15, -0.1) is 0 Å². The molecule has 2 rings (SSSR count). The van der Waals surface area contributed by atoms with E-state index in [1.54, 1.807) is 6.07 Å². The monoisotopic (exact) mass is 274 g/mol. The number of aliphatic imine (C=N–C) groups is 2. The molecule has 0 saturated heterocycles. The molecule has 0 saturated carbocycles. The van der Waals surface area contributed by atoms with Crippen LogP contribution in [0.4, 0.5) is 11.4 Å². The van der Waals surface area contributed by atoms with Crippen molar-refractivity contribution in [3.8, 4) is 0 Å². The van der Waals surface area contributed by atoms with Crippen LogP contribution in [0.2, 0.25) is 0 Å². The minimum absolute atomic E-state index is 0.0504. The van der Waals surface area contributed by atoms with Crippen LogP contribution in [0, 0.1) is 0 Å². The largest absolute Gasteiger partial charge is 0.370 e. The lowest BCUT2D eigenvalue weighted by atomic mass is 9.78. The first-order chi connectivity index (χ1) is 9.29. The van der Waals surface area contributed by atoms with E-state index in [4.69, 9.17) is 17.2 Å². The van der Waals surface area contributed by atoms with E-state index in [-0.39, 0.29) is 23.2 Å². The number of anilines is 1. The number of hydrogen-bond donors (Lipinski definition) is 4. The SMILES string of the molecule is CC1(C)CC(=O)Nc2c(N=C(N)N=C(N)N)cccc21. The molecule has 0 bridgehead atoms. The molecule has 20 heavy (non-hydrogen) atoms. The van der Waals surface area contributed by atoms with Crippen molar-refractivity contribution in [2.45, 2.75) is 25.7 Å². The molecule has 1 heterocycles. The molecule has 1 aliphatic rings. The molecule has 0 radical (unpaired) electrons. The van der Waals surface area contributed by atoms with Gasteiger partial charge >= 0.3 is 0 Å². The highest BCUT2D eigenvalue weighted by molar-refractivity contribution is 6.00. The maximum absolute atomic E-state index is 11.8. The highest BCUT2D eigenvalue weighted by Gasteiger charge is 2.33. The van der Waals surface area contributed by atoms with Crippen LogP contribution >= 0.6 is 0 Å². The van der Waals surface area contributed by atoms with Crippen LogP contribution in [-0.4, -0.2) is 17.8 Å². The summed E-state index contributed by atoms with van der Waals surface area (Å²) in [7, 11) is 0. The molecular weight excluding hydrogens is 256 g/mol. The molecule has 0 unspecified atom stereocenters. The minimum Gasteiger partial charge on any atom is -0.370 e. The summed E-state index contributed by atoms with van der Waals surface area (Å²) in [6.07, 6.45) is 0.427. The number of benzene rings is 1. The lowest BCUT2D eigenvalue weighted by molar-refractivity contribution is -0.117. The van der Waals surface area contributed by atoms with E-state index in [0.717, 1.165) is 5.56 Å². The van der Waals surface area contributed by atoms with Crippen molar-refractivity contribution in [1.29, 1.82) is 0 Å². The van der Waals surface area contributed by atoms with Gasteiger partial charge in [-0.1, -0.05) is 26.0 Å². The standard InChI is InChI=1S/C13H18N6O/c1-13(2)6-9(20)18-10-7(13)4-3-5-8(10)17-12(16)19-11(14)15/h3-5H,6H2,1-2H3,(H,18,20)(H6,14,15,16,17,19). The van der Waals surface area contributed by atoms with Crippen LogP contribution in [0.3, 0.4) is 0 Å². The molecule has 0 fully saturated rings. The van der Waals surface area contributed by atoms with E-state index in [9.17, 15) is 4.79 Å². The first-order valence-electron chi connectivity index (χ1n) is 6.17. The Labute approximate surface area is 117 Å². The lowest BCUT2D eigenvalue weighted by Gasteiger charge is -2.32. The Morgan fingerprint density at radius 1 is 1.30 bits per heavy atom. The number of nitrogens with two attached hydrogens (primary N) is 3. The molecule has 1 amide bonds. The Kier molecular flexibility index (Phi) is 3.35. The zero-order valence-corrected chi connectivity index (χ0v) is 11.5. The van der Waals surface area contributed by atoms with E-state index < -0.39 is 0 Å². The number of hydrogen-bond acceptors (Lipinski definition) is 2.